The average Bonchev–Trinajstić information content (AvgIpc) is 3.25. The van der Waals surface area contributed by atoms with E-state index in [1.54, 1.807) is 15.4 Å². The van der Waals surface area contributed by atoms with E-state index in [9.17, 15) is 4.39 Å². The van der Waals surface area contributed by atoms with Gasteiger partial charge in [0.05, 0.1) is 22.9 Å². The normalized spacial score (nSPS) is 11.5. The largest absolute Gasteiger partial charge is 0.398 e. The highest BCUT2D eigenvalue weighted by molar-refractivity contribution is 6.04. The van der Waals surface area contributed by atoms with Crippen LogP contribution in [0.4, 0.5) is 10.1 Å². The van der Waals surface area contributed by atoms with Crippen molar-refractivity contribution in [1.29, 1.82) is 0 Å². The zero-order valence-electron chi connectivity index (χ0n) is 15.4. The van der Waals surface area contributed by atoms with Crippen LogP contribution in [-0.2, 0) is 7.05 Å². The molecule has 0 aliphatic rings. The topological polar surface area (TPSA) is 74.5 Å². The summed E-state index contributed by atoms with van der Waals surface area (Å²) in [6.07, 6.45) is 3.46. The zero-order valence-corrected chi connectivity index (χ0v) is 15.4. The molecule has 28 heavy (non-hydrogen) atoms. The number of rotatable bonds is 2. The van der Waals surface area contributed by atoms with Gasteiger partial charge in [-0.15, -0.1) is 0 Å². The Kier molecular flexibility index (Phi) is 3.45. The molecule has 7 heteroatoms. The predicted octanol–water partition coefficient (Wildman–Crippen LogP) is 4.00. The second kappa shape index (κ2) is 5.88. The molecule has 0 atom stereocenters. The number of aryl methyl sites for hydroxylation is 2. The molecular weight excluding hydrogens is 355 g/mol. The van der Waals surface area contributed by atoms with Crippen LogP contribution in [0, 0.1) is 12.9 Å². The summed E-state index contributed by atoms with van der Waals surface area (Å²) in [6, 6.07) is 12.8. The number of anilines is 1. The fraction of sp³-hybridized carbons (Fsp3) is 0.0952. The maximum absolute atomic E-state index is 13.3. The van der Waals surface area contributed by atoms with Crippen LogP contribution in [0.1, 0.15) is 5.56 Å². The Morgan fingerprint density at radius 2 is 1.86 bits per heavy atom. The first-order valence-electron chi connectivity index (χ1n) is 8.85. The quantitative estimate of drug-likeness (QED) is 0.375. The molecule has 0 saturated carbocycles. The number of halogens is 1. The van der Waals surface area contributed by atoms with Gasteiger partial charge in [-0.2, -0.15) is 14.6 Å². The van der Waals surface area contributed by atoms with Crippen molar-refractivity contribution >= 4 is 27.5 Å². The molecule has 0 bridgehead atoms. The monoisotopic (exact) mass is 372 g/mol. The smallest absolute Gasteiger partial charge is 0.212 e. The second-order valence-electron chi connectivity index (χ2n) is 6.82. The zero-order chi connectivity index (χ0) is 19.4. The number of hydrogen-bond donors (Lipinski definition) is 1. The Morgan fingerprint density at radius 3 is 2.64 bits per heavy atom. The van der Waals surface area contributed by atoms with Crippen LogP contribution in [0.5, 0.6) is 0 Å². The molecule has 6 nitrogen and oxygen atoms in total. The lowest BCUT2D eigenvalue weighted by atomic mass is 10.0. The van der Waals surface area contributed by atoms with Crippen molar-refractivity contribution in [3.8, 4) is 16.9 Å². The lowest BCUT2D eigenvalue weighted by Crippen LogP contribution is -2.00. The Balaban J connectivity index is 1.88. The number of benzene rings is 2. The summed E-state index contributed by atoms with van der Waals surface area (Å²) in [7, 11) is 1.90. The van der Waals surface area contributed by atoms with Crippen molar-refractivity contribution in [2.75, 3.05) is 5.73 Å². The first kappa shape index (κ1) is 16.4. The Hall–Kier alpha value is -3.74. The molecule has 3 heterocycles. The highest BCUT2D eigenvalue weighted by atomic mass is 19.1. The number of aromatic nitrogens is 5. The lowest BCUT2D eigenvalue weighted by molar-refractivity contribution is 0.582. The van der Waals surface area contributed by atoms with E-state index in [0.29, 0.717) is 11.4 Å². The van der Waals surface area contributed by atoms with Gasteiger partial charge in [0.1, 0.15) is 5.69 Å². The van der Waals surface area contributed by atoms with Crippen LogP contribution in [0.3, 0.4) is 0 Å². The number of hydrogen-bond acceptors (Lipinski definition) is 4. The molecular formula is C21H17FN6. The fourth-order valence-corrected chi connectivity index (χ4v) is 3.63. The highest BCUT2D eigenvalue weighted by Crippen LogP contribution is 2.36. The van der Waals surface area contributed by atoms with E-state index < -0.39 is 5.95 Å². The van der Waals surface area contributed by atoms with Crippen LogP contribution >= 0.6 is 0 Å². The number of nitrogens with zero attached hydrogens (tertiary/aromatic N) is 5. The minimum Gasteiger partial charge on any atom is -0.398 e. The molecule has 138 valence electrons. The Bertz CT molecular complexity index is 1350. The standard InChI is InChI=1S/C21H17FN6/c1-12-17(23)8-7-15-20(14-4-3-5-18-16(14)11-27(2)25-18)26-28(21(12)15)13-6-9-19(22)24-10-13/h3-11H,23H2,1-2H3. The summed E-state index contributed by atoms with van der Waals surface area (Å²) in [5.74, 6) is -0.531. The van der Waals surface area contributed by atoms with Crippen LogP contribution in [0.25, 0.3) is 38.8 Å². The highest BCUT2D eigenvalue weighted by Gasteiger charge is 2.19. The summed E-state index contributed by atoms with van der Waals surface area (Å²) >= 11 is 0. The van der Waals surface area contributed by atoms with Crippen molar-refractivity contribution in [1.82, 2.24) is 24.5 Å². The van der Waals surface area contributed by atoms with E-state index in [4.69, 9.17) is 10.8 Å². The minimum absolute atomic E-state index is 0.531. The second-order valence-corrected chi connectivity index (χ2v) is 6.82. The van der Waals surface area contributed by atoms with Gasteiger partial charge in [0.2, 0.25) is 5.95 Å². The van der Waals surface area contributed by atoms with E-state index in [-0.39, 0.29) is 0 Å². The van der Waals surface area contributed by atoms with Gasteiger partial charge in [-0.25, -0.2) is 9.67 Å². The van der Waals surface area contributed by atoms with Crippen molar-refractivity contribution in [3.63, 3.8) is 0 Å². The van der Waals surface area contributed by atoms with Crippen molar-refractivity contribution in [2.45, 2.75) is 6.92 Å². The van der Waals surface area contributed by atoms with Gasteiger partial charge in [-0.05, 0) is 42.8 Å². The van der Waals surface area contributed by atoms with E-state index in [0.717, 1.165) is 38.6 Å². The third kappa shape index (κ3) is 2.36. The molecule has 0 amide bonds. The van der Waals surface area contributed by atoms with Gasteiger partial charge in [0, 0.05) is 35.3 Å². The number of nitrogen functional groups attached to an aromatic ring is 1. The van der Waals surface area contributed by atoms with Crippen LogP contribution < -0.4 is 5.73 Å². The predicted molar refractivity (Wildman–Crippen MR) is 108 cm³/mol. The van der Waals surface area contributed by atoms with Crippen molar-refractivity contribution < 1.29 is 4.39 Å². The van der Waals surface area contributed by atoms with Crippen molar-refractivity contribution in [3.05, 3.63) is 66.4 Å². The molecule has 0 radical (unpaired) electrons. The van der Waals surface area contributed by atoms with Crippen LogP contribution in [0.2, 0.25) is 0 Å². The first-order chi connectivity index (χ1) is 13.5. The van der Waals surface area contributed by atoms with E-state index in [2.05, 4.69) is 10.1 Å². The summed E-state index contributed by atoms with van der Waals surface area (Å²) in [5, 5.41) is 11.4. The van der Waals surface area contributed by atoms with E-state index in [1.165, 1.54) is 12.3 Å². The summed E-state index contributed by atoms with van der Waals surface area (Å²) in [6.45, 7) is 1.96. The maximum Gasteiger partial charge on any atom is 0.212 e. The fourth-order valence-electron chi connectivity index (χ4n) is 3.63. The minimum atomic E-state index is -0.531. The van der Waals surface area contributed by atoms with Gasteiger partial charge in [0.25, 0.3) is 0 Å². The van der Waals surface area contributed by atoms with Gasteiger partial charge in [-0.3, -0.25) is 4.68 Å². The number of fused-ring (bicyclic) bond motifs is 2. The van der Waals surface area contributed by atoms with Gasteiger partial charge in [-0.1, -0.05) is 12.1 Å². The molecule has 0 aliphatic carbocycles. The molecule has 0 spiro atoms. The lowest BCUT2D eigenvalue weighted by Gasteiger charge is -2.07. The summed E-state index contributed by atoms with van der Waals surface area (Å²) < 4.78 is 16.9. The van der Waals surface area contributed by atoms with Gasteiger partial charge >= 0.3 is 0 Å². The molecule has 0 fully saturated rings. The molecule has 5 aromatic rings. The third-order valence-corrected chi connectivity index (χ3v) is 5.02. The Morgan fingerprint density at radius 1 is 1.00 bits per heavy atom. The Labute approximate surface area is 160 Å². The SMILES string of the molecule is Cc1c(N)ccc2c(-c3cccc4nn(C)cc34)nn(-c3ccc(F)nc3)c12. The molecule has 2 aromatic carbocycles. The van der Waals surface area contributed by atoms with Gasteiger partial charge < -0.3 is 5.73 Å². The average molecular weight is 372 g/mol. The molecule has 3 aromatic heterocycles. The summed E-state index contributed by atoms with van der Waals surface area (Å²) in [5.41, 5.74) is 12.0. The maximum atomic E-state index is 13.3. The first-order valence-corrected chi connectivity index (χ1v) is 8.85. The van der Waals surface area contributed by atoms with E-state index in [1.807, 2.05) is 50.5 Å². The van der Waals surface area contributed by atoms with E-state index >= 15 is 0 Å². The molecule has 0 saturated heterocycles. The number of pyridine rings is 1. The molecule has 0 aliphatic heterocycles. The van der Waals surface area contributed by atoms with Crippen LogP contribution in [0.15, 0.2) is 54.9 Å². The third-order valence-electron chi connectivity index (χ3n) is 5.02. The van der Waals surface area contributed by atoms with Crippen molar-refractivity contribution in [2.24, 2.45) is 7.05 Å². The molecule has 5 rings (SSSR count). The molecule has 0 unspecified atom stereocenters. The van der Waals surface area contributed by atoms with Crippen LogP contribution in [-0.4, -0.2) is 24.5 Å². The summed E-state index contributed by atoms with van der Waals surface area (Å²) in [4.78, 5) is 3.78. The number of nitrogens with two attached hydrogens (primary N) is 1. The molecule has 2 N–H and O–H groups in total. The van der Waals surface area contributed by atoms with Gasteiger partial charge in [0.15, 0.2) is 0 Å².